The highest BCUT2D eigenvalue weighted by molar-refractivity contribution is 7.89. The highest BCUT2D eigenvalue weighted by Crippen LogP contribution is 2.21. The Kier molecular flexibility index (Phi) is 5.83. The Morgan fingerprint density at radius 3 is 2.85 bits per heavy atom. The van der Waals surface area contributed by atoms with Crippen molar-refractivity contribution < 1.29 is 13.2 Å². The second-order valence-electron chi connectivity index (χ2n) is 7.14. The number of carbonyl (C=O) groups is 1. The molecule has 1 aromatic heterocycles. The van der Waals surface area contributed by atoms with Gasteiger partial charge in [-0.15, -0.1) is 0 Å². The minimum absolute atomic E-state index is 0.0200. The zero-order chi connectivity index (χ0) is 19.6. The van der Waals surface area contributed by atoms with Crippen molar-refractivity contribution >= 4 is 27.0 Å². The number of hydrogen-bond donors (Lipinski definition) is 2. The van der Waals surface area contributed by atoms with Crippen LogP contribution in [0.2, 0.25) is 0 Å². The number of nitrogens with zero attached hydrogens (tertiary/aromatic N) is 3. The highest BCUT2D eigenvalue weighted by Gasteiger charge is 2.20. The van der Waals surface area contributed by atoms with E-state index in [0.717, 1.165) is 37.3 Å². The molecule has 1 aliphatic rings. The van der Waals surface area contributed by atoms with Crippen molar-refractivity contribution in [2.24, 2.45) is 7.05 Å². The molecule has 0 unspecified atom stereocenters. The van der Waals surface area contributed by atoms with Gasteiger partial charge in [-0.1, -0.05) is 0 Å². The first-order valence-electron chi connectivity index (χ1n) is 9.17. The molecule has 1 aromatic carbocycles. The van der Waals surface area contributed by atoms with Crippen LogP contribution < -0.4 is 10.6 Å². The Labute approximate surface area is 160 Å². The van der Waals surface area contributed by atoms with Gasteiger partial charge in [0, 0.05) is 46.6 Å². The van der Waals surface area contributed by atoms with Gasteiger partial charge in [-0.2, -0.15) is 0 Å². The summed E-state index contributed by atoms with van der Waals surface area (Å²) < 4.78 is 27.7. The molecule has 1 fully saturated rings. The molecule has 2 N–H and O–H groups in total. The van der Waals surface area contributed by atoms with Gasteiger partial charge in [0.15, 0.2) is 0 Å². The Bertz CT molecular complexity index is 930. The van der Waals surface area contributed by atoms with Crippen molar-refractivity contribution in [2.75, 3.05) is 27.2 Å². The van der Waals surface area contributed by atoms with E-state index in [0.29, 0.717) is 18.4 Å². The zero-order valence-corrected chi connectivity index (χ0v) is 16.8. The third-order valence-electron chi connectivity index (χ3n) is 4.96. The number of carbonyl (C=O) groups excluding carboxylic acids is 1. The third kappa shape index (κ3) is 4.31. The number of amides is 1. The van der Waals surface area contributed by atoms with E-state index in [1.54, 1.807) is 18.2 Å². The van der Waals surface area contributed by atoms with E-state index in [4.69, 9.17) is 0 Å². The molecule has 0 bridgehead atoms. The van der Waals surface area contributed by atoms with Crippen LogP contribution in [0.15, 0.2) is 23.1 Å². The zero-order valence-electron chi connectivity index (χ0n) is 16.0. The van der Waals surface area contributed by atoms with Crippen LogP contribution in [0.3, 0.4) is 0 Å². The molecule has 0 saturated carbocycles. The van der Waals surface area contributed by atoms with Crippen LogP contribution in [-0.4, -0.2) is 61.4 Å². The summed E-state index contributed by atoms with van der Waals surface area (Å²) in [5, 5.41) is 6.34. The van der Waals surface area contributed by atoms with Gasteiger partial charge in [0.1, 0.15) is 5.82 Å². The highest BCUT2D eigenvalue weighted by atomic mass is 32.2. The van der Waals surface area contributed by atoms with Crippen LogP contribution in [-0.2, 0) is 28.3 Å². The van der Waals surface area contributed by atoms with E-state index in [2.05, 4.69) is 15.6 Å². The normalized spacial score (nSPS) is 18.1. The Hall–Kier alpha value is -1.97. The van der Waals surface area contributed by atoms with Crippen molar-refractivity contribution in [1.29, 1.82) is 0 Å². The quantitative estimate of drug-likeness (QED) is 0.750. The van der Waals surface area contributed by atoms with E-state index in [1.807, 2.05) is 11.6 Å². The van der Waals surface area contributed by atoms with Crippen molar-refractivity contribution in [3.8, 4) is 0 Å². The van der Waals surface area contributed by atoms with Crippen LogP contribution in [0, 0.1) is 0 Å². The van der Waals surface area contributed by atoms with E-state index in [9.17, 15) is 13.2 Å². The minimum atomic E-state index is -3.50. The number of hydrogen-bond acceptors (Lipinski definition) is 5. The maximum Gasteiger partial charge on any atom is 0.242 e. The Balaban J connectivity index is 1.71. The van der Waals surface area contributed by atoms with Crippen molar-refractivity contribution in [2.45, 2.75) is 36.6 Å². The lowest BCUT2D eigenvalue weighted by molar-refractivity contribution is -0.121. The minimum Gasteiger partial charge on any atom is -0.352 e. The number of rotatable bonds is 6. The van der Waals surface area contributed by atoms with Crippen LogP contribution in [0.25, 0.3) is 11.0 Å². The predicted octanol–water partition coefficient (Wildman–Crippen LogP) is 0.624. The number of aromatic nitrogens is 2. The summed E-state index contributed by atoms with van der Waals surface area (Å²) >= 11 is 0. The van der Waals surface area contributed by atoms with E-state index < -0.39 is 10.0 Å². The summed E-state index contributed by atoms with van der Waals surface area (Å²) in [6, 6.07) is 5.13. The second-order valence-corrected chi connectivity index (χ2v) is 9.29. The van der Waals surface area contributed by atoms with Gasteiger partial charge in [-0.3, -0.25) is 4.79 Å². The van der Waals surface area contributed by atoms with Crippen LogP contribution >= 0.6 is 0 Å². The molecule has 1 amide bonds. The topological polar surface area (TPSA) is 96.3 Å². The number of sulfonamides is 1. The molecular weight excluding hydrogens is 366 g/mol. The number of fused-ring (bicyclic) bond motifs is 1. The van der Waals surface area contributed by atoms with Crippen LogP contribution in [0.1, 0.15) is 25.1 Å². The molecule has 1 atom stereocenters. The fourth-order valence-corrected chi connectivity index (χ4v) is 4.25. The molecule has 8 nitrogen and oxygen atoms in total. The second kappa shape index (κ2) is 7.95. The lowest BCUT2D eigenvalue weighted by atomic mass is 10.1. The molecule has 9 heteroatoms. The summed E-state index contributed by atoms with van der Waals surface area (Å²) in [7, 11) is 1.39. The molecule has 1 aliphatic heterocycles. The maximum atomic E-state index is 12.3. The van der Waals surface area contributed by atoms with Gasteiger partial charge < -0.3 is 15.2 Å². The Morgan fingerprint density at radius 2 is 2.19 bits per heavy atom. The van der Waals surface area contributed by atoms with Gasteiger partial charge in [0.2, 0.25) is 15.9 Å². The average molecular weight is 394 g/mol. The van der Waals surface area contributed by atoms with Crippen LogP contribution in [0.4, 0.5) is 0 Å². The molecule has 2 heterocycles. The fraction of sp³-hybridized carbons (Fsp3) is 0.556. The van der Waals surface area contributed by atoms with E-state index >= 15 is 0 Å². The molecule has 0 radical (unpaired) electrons. The first-order valence-corrected chi connectivity index (χ1v) is 10.6. The standard InChI is InChI=1S/C18H27N5O3S/c1-22(2)27(25,26)14-6-7-16-15(11-14)21-17(23(16)3)8-9-18(24)20-13-5-4-10-19-12-13/h6-7,11,13,19H,4-5,8-10,12H2,1-3H3,(H,20,24)/t13-/m0/s1. The largest absolute Gasteiger partial charge is 0.352 e. The number of imidazole rings is 1. The SMILES string of the molecule is CN(C)S(=O)(=O)c1ccc2c(c1)nc(CCC(=O)N[C@H]1CCCNC1)n2C. The lowest BCUT2D eigenvalue weighted by Crippen LogP contribution is -2.45. The average Bonchev–Trinajstić information content (AvgIpc) is 2.96. The van der Waals surface area contributed by atoms with Crippen molar-refractivity contribution in [3.63, 3.8) is 0 Å². The summed E-state index contributed by atoms with van der Waals surface area (Å²) in [5.74, 6) is 0.785. The third-order valence-corrected chi connectivity index (χ3v) is 6.77. The maximum absolute atomic E-state index is 12.3. The van der Waals surface area contributed by atoms with Crippen molar-refractivity contribution in [3.05, 3.63) is 24.0 Å². The molecule has 148 valence electrons. The number of aryl methyl sites for hydroxylation is 2. The number of nitrogens with one attached hydrogen (secondary N) is 2. The van der Waals surface area contributed by atoms with Gasteiger partial charge in [-0.05, 0) is 37.6 Å². The Morgan fingerprint density at radius 1 is 1.41 bits per heavy atom. The molecule has 2 aromatic rings. The summed E-state index contributed by atoms with van der Waals surface area (Å²) in [6.45, 7) is 1.83. The molecule has 0 spiro atoms. The predicted molar refractivity (Wildman–Crippen MR) is 104 cm³/mol. The lowest BCUT2D eigenvalue weighted by Gasteiger charge is -2.23. The molecular formula is C18H27N5O3S. The molecule has 3 rings (SSSR count). The summed E-state index contributed by atoms with van der Waals surface area (Å²) in [4.78, 5) is 17.0. The first kappa shape index (κ1) is 19.8. The van der Waals surface area contributed by atoms with Gasteiger partial charge >= 0.3 is 0 Å². The molecule has 27 heavy (non-hydrogen) atoms. The molecule has 1 saturated heterocycles. The van der Waals surface area contributed by atoms with Crippen molar-refractivity contribution in [1.82, 2.24) is 24.5 Å². The smallest absolute Gasteiger partial charge is 0.242 e. The number of piperidine rings is 1. The fourth-order valence-electron chi connectivity index (χ4n) is 3.32. The van der Waals surface area contributed by atoms with Crippen LogP contribution in [0.5, 0.6) is 0 Å². The first-order chi connectivity index (χ1) is 12.8. The molecule has 0 aliphatic carbocycles. The number of benzene rings is 1. The summed E-state index contributed by atoms with van der Waals surface area (Å²) in [5.41, 5.74) is 1.46. The van der Waals surface area contributed by atoms with Gasteiger partial charge in [0.25, 0.3) is 0 Å². The van der Waals surface area contributed by atoms with Gasteiger partial charge in [-0.25, -0.2) is 17.7 Å². The monoisotopic (exact) mass is 393 g/mol. The van der Waals surface area contributed by atoms with Gasteiger partial charge in [0.05, 0.1) is 15.9 Å². The van der Waals surface area contributed by atoms with E-state index in [1.165, 1.54) is 18.4 Å². The van der Waals surface area contributed by atoms with E-state index in [-0.39, 0.29) is 16.8 Å². The summed E-state index contributed by atoms with van der Waals surface area (Å²) in [6.07, 6.45) is 2.95.